The topological polar surface area (TPSA) is 62.1 Å². The number of rotatable bonds is 2. The molecule has 0 unspecified atom stereocenters. The molecule has 0 fully saturated rings. The van der Waals surface area contributed by atoms with Gasteiger partial charge in [0.05, 0.1) is 17.7 Å². The first-order valence-electron chi connectivity index (χ1n) is 4.59. The van der Waals surface area contributed by atoms with Gasteiger partial charge in [-0.25, -0.2) is 4.79 Å². The molecule has 4 nitrogen and oxygen atoms in total. The van der Waals surface area contributed by atoms with Gasteiger partial charge in [0.1, 0.15) is 0 Å². The monoisotopic (exact) mass is 204 g/mol. The molecule has 0 aliphatic carbocycles. The van der Waals surface area contributed by atoms with Gasteiger partial charge in [0, 0.05) is 5.69 Å². The normalized spacial score (nSPS) is 9.47. The lowest BCUT2D eigenvalue weighted by Gasteiger charge is -2.09. The second kappa shape index (κ2) is 5.01. The molecule has 0 aromatic heterocycles. The standard InChI is InChI=1S/C11H12N2O2/c1-8(2)15-11(14)13-10-5-3-4-9(6-10)7-12/h3-6,8H,1-2H3,(H,13,14). The molecule has 78 valence electrons. The molecule has 0 radical (unpaired) electrons. The predicted molar refractivity (Wildman–Crippen MR) is 56.4 cm³/mol. The maximum atomic E-state index is 11.2. The number of anilines is 1. The zero-order chi connectivity index (χ0) is 11.3. The summed E-state index contributed by atoms with van der Waals surface area (Å²) in [5.74, 6) is 0. The Hall–Kier alpha value is -2.02. The Balaban J connectivity index is 2.65. The Morgan fingerprint density at radius 1 is 1.53 bits per heavy atom. The fourth-order valence-corrected chi connectivity index (χ4v) is 1.03. The van der Waals surface area contributed by atoms with Crippen molar-refractivity contribution < 1.29 is 9.53 Å². The van der Waals surface area contributed by atoms with E-state index in [1.54, 1.807) is 38.1 Å². The van der Waals surface area contributed by atoms with E-state index in [9.17, 15) is 4.79 Å². The number of hydrogen-bond acceptors (Lipinski definition) is 3. The van der Waals surface area contributed by atoms with Gasteiger partial charge >= 0.3 is 6.09 Å². The van der Waals surface area contributed by atoms with Gasteiger partial charge in [-0.3, -0.25) is 5.32 Å². The minimum absolute atomic E-state index is 0.163. The SMILES string of the molecule is CC(C)OC(=O)Nc1cccc(C#N)c1. The molecule has 0 bridgehead atoms. The number of carbonyl (C=O) groups excluding carboxylic acids is 1. The van der Waals surface area contributed by atoms with Crippen molar-refractivity contribution in [3.8, 4) is 6.07 Å². The van der Waals surface area contributed by atoms with E-state index in [0.717, 1.165) is 0 Å². The van der Waals surface area contributed by atoms with Crippen molar-refractivity contribution in [2.75, 3.05) is 5.32 Å². The van der Waals surface area contributed by atoms with Crippen LogP contribution in [0.2, 0.25) is 0 Å². The van der Waals surface area contributed by atoms with E-state index in [1.165, 1.54) is 0 Å². The van der Waals surface area contributed by atoms with Gasteiger partial charge in [0.2, 0.25) is 0 Å². The zero-order valence-corrected chi connectivity index (χ0v) is 8.65. The van der Waals surface area contributed by atoms with Crippen molar-refractivity contribution in [3.05, 3.63) is 29.8 Å². The van der Waals surface area contributed by atoms with Crippen LogP contribution in [0.1, 0.15) is 19.4 Å². The van der Waals surface area contributed by atoms with Gasteiger partial charge in [-0.2, -0.15) is 5.26 Å². The van der Waals surface area contributed by atoms with E-state index < -0.39 is 6.09 Å². The van der Waals surface area contributed by atoms with Gasteiger partial charge in [0.15, 0.2) is 0 Å². The van der Waals surface area contributed by atoms with E-state index in [-0.39, 0.29) is 6.10 Å². The highest BCUT2D eigenvalue weighted by molar-refractivity contribution is 5.84. The first-order chi connectivity index (χ1) is 7.11. The lowest BCUT2D eigenvalue weighted by Crippen LogP contribution is -2.17. The summed E-state index contributed by atoms with van der Waals surface area (Å²) in [6, 6.07) is 8.63. The fourth-order valence-electron chi connectivity index (χ4n) is 1.03. The molecule has 1 amide bonds. The van der Waals surface area contributed by atoms with Crippen molar-refractivity contribution in [3.63, 3.8) is 0 Å². The molecule has 1 rings (SSSR count). The molecule has 0 aliphatic rings. The van der Waals surface area contributed by atoms with Crippen molar-refractivity contribution >= 4 is 11.8 Å². The molecule has 1 N–H and O–H groups in total. The summed E-state index contributed by atoms with van der Waals surface area (Å²) in [6.45, 7) is 3.54. The molecule has 0 saturated heterocycles. The molecule has 0 aliphatic heterocycles. The van der Waals surface area contributed by atoms with Crippen LogP contribution in [-0.4, -0.2) is 12.2 Å². The van der Waals surface area contributed by atoms with E-state index in [4.69, 9.17) is 10.00 Å². The summed E-state index contributed by atoms with van der Waals surface area (Å²) in [5.41, 5.74) is 1.05. The van der Waals surface area contributed by atoms with Crippen molar-refractivity contribution in [2.24, 2.45) is 0 Å². The highest BCUT2D eigenvalue weighted by atomic mass is 16.6. The molecule has 0 saturated carbocycles. The summed E-state index contributed by atoms with van der Waals surface area (Å²) in [6.07, 6.45) is -0.677. The summed E-state index contributed by atoms with van der Waals surface area (Å²) in [7, 11) is 0. The molecule has 4 heteroatoms. The number of ether oxygens (including phenoxy) is 1. The Morgan fingerprint density at radius 2 is 2.27 bits per heavy atom. The maximum Gasteiger partial charge on any atom is 0.411 e. The minimum Gasteiger partial charge on any atom is -0.447 e. The quantitative estimate of drug-likeness (QED) is 0.805. The van der Waals surface area contributed by atoms with Gasteiger partial charge in [-0.05, 0) is 32.0 Å². The molecule has 0 spiro atoms. The molecule has 15 heavy (non-hydrogen) atoms. The number of benzene rings is 1. The van der Waals surface area contributed by atoms with Crippen LogP contribution in [0, 0.1) is 11.3 Å². The predicted octanol–water partition coefficient (Wildman–Crippen LogP) is 2.52. The molecule has 1 aromatic carbocycles. The third-order valence-corrected chi connectivity index (χ3v) is 1.58. The Kier molecular flexibility index (Phi) is 3.69. The van der Waals surface area contributed by atoms with Crippen LogP contribution in [0.15, 0.2) is 24.3 Å². The van der Waals surface area contributed by atoms with Gasteiger partial charge < -0.3 is 4.74 Å². The summed E-state index contributed by atoms with van der Waals surface area (Å²) in [4.78, 5) is 11.2. The highest BCUT2D eigenvalue weighted by Gasteiger charge is 2.05. The lowest BCUT2D eigenvalue weighted by molar-refractivity contribution is 0.130. The second-order valence-corrected chi connectivity index (χ2v) is 3.27. The van der Waals surface area contributed by atoms with Crippen LogP contribution in [0.5, 0.6) is 0 Å². The van der Waals surface area contributed by atoms with Crippen LogP contribution >= 0.6 is 0 Å². The number of hydrogen-bond donors (Lipinski definition) is 1. The number of nitriles is 1. The number of carbonyl (C=O) groups is 1. The van der Waals surface area contributed by atoms with Gasteiger partial charge in [-0.1, -0.05) is 6.07 Å². The second-order valence-electron chi connectivity index (χ2n) is 3.27. The molecule has 0 heterocycles. The third kappa shape index (κ3) is 3.69. The van der Waals surface area contributed by atoms with Crippen LogP contribution in [0.25, 0.3) is 0 Å². The summed E-state index contributed by atoms with van der Waals surface area (Å²) >= 11 is 0. The summed E-state index contributed by atoms with van der Waals surface area (Å²) in [5, 5.41) is 11.2. The van der Waals surface area contributed by atoms with Crippen LogP contribution in [-0.2, 0) is 4.74 Å². The third-order valence-electron chi connectivity index (χ3n) is 1.58. The molecular formula is C11H12N2O2. The first-order valence-corrected chi connectivity index (χ1v) is 4.59. The first kappa shape index (κ1) is 11.1. The van der Waals surface area contributed by atoms with E-state index in [2.05, 4.69) is 5.32 Å². The van der Waals surface area contributed by atoms with Gasteiger partial charge in [0.25, 0.3) is 0 Å². The van der Waals surface area contributed by atoms with Crippen LogP contribution in [0.3, 0.4) is 0 Å². The number of nitrogens with zero attached hydrogens (tertiary/aromatic N) is 1. The average molecular weight is 204 g/mol. The average Bonchev–Trinajstić information content (AvgIpc) is 2.16. The van der Waals surface area contributed by atoms with E-state index in [0.29, 0.717) is 11.3 Å². The Bertz CT molecular complexity index is 394. The number of amides is 1. The van der Waals surface area contributed by atoms with E-state index >= 15 is 0 Å². The Morgan fingerprint density at radius 3 is 2.87 bits per heavy atom. The van der Waals surface area contributed by atoms with Crippen LogP contribution in [0.4, 0.5) is 10.5 Å². The molecular weight excluding hydrogens is 192 g/mol. The van der Waals surface area contributed by atoms with Crippen molar-refractivity contribution in [2.45, 2.75) is 20.0 Å². The zero-order valence-electron chi connectivity index (χ0n) is 8.65. The molecule has 0 atom stereocenters. The smallest absolute Gasteiger partial charge is 0.411 e. The van der Waals surface area contributed by atoms with Crippen LogP contribution < -0.4 is 5.32 Å². The van der Waals surface area contributed by atoms with E-state index in [1.807, 2.05) is 6.07 Å². The lowest BCUT2D eigenvalue weighted by atomic mass is 10.2. The maximum absolute atomic E-state index is 11.2. The molecule has 1 aromatic rings. The van der Waals surface area contributed by atoms with Crippen molar-refractivity contribution in [1.82, 2.24) is 0 Å². The van der Waals surface area contributed by atoms with Gasteiger partial charge in [-0.15, -0.1) is 0 Å². The minimum atomic E-state index is -0.514. The van der Waals surface area contributed by atoms with Crippen molar-refractivity contribution in [1.29, 1.82) is 5.26 Å². The largest absolute Gasteiger partial charge is 0.447 e. The number of nitrogens with one attached hydrogen (secondary N) is 1. The summed E-state index contributed by atoms with van der Waals surface area (Å²) < 4.78 is 4.89. The highest BCUT2D eigenvalue weighted by Crippen LogP contribution is 2.10. The fraction of sp³-hybridized carbons (Fsp3) is 0.273. The Labute approximate surface area is 88.5 Å².